The van der Waals surface area contributed by atoms with Crippen LogP contribution >= 0.6 is 0 Å². The molecule has 0 atom stereocenters. The second-order valence-corrected chi connectivity index (χ2v) is 10.4. The minimum atomic E-state index is -0.394. The van der Waals surface area contributed by atoms with Crippen LogP contribution in [0, 0.1) is 0 Å². The molecule has 1 heterocycles. The third kappa shape index (κ3) is 10.1. The normalized spacial score (nSPS) is 11.4. The summed E-state index contributed by atoms with van der Waals surface area (Å²) in [6.07, 6.45) is 11.8. The fourth-order valence-electron chi connectivity index (χ4n) is 4.82. The molecule has 43 heavy (non-hydrogen) atoms. The number of hydrogen-bond donors (Lipinski definition) is 1. The van der Waals surface area contributed by atoms with E-state index in [0.29, 0.717) is 24.6 Å². The molecule has 0 spiro atoms. The highest BCUT2D eigenvalue weighted by Gasteiger charge is 2.10. The van der Waals surface area contributed by atoms with Gasteiger partial charge in [-0.2, -0.15) is 4.98 Å². The first kappa shape index (κ1) is 33.5. The van der Waals surface area contributed by atoms with Crippen molar-refractivity contribution in [1.29, 1.82) is 0 Å². The van der Waals surface area contributed by atoms with Crippen LogP contribution in [0.1, 0.15) is 89.7 Å². The van der Waals surface area contributed by atoms with Gasteiger partial charge in [0.25, 0.3) is 0 Å². The number of benzene rings is 2. The minimum absolute atomic E-state index is 0.394. The highest BCUT2D eigenvalue weighted by Crippen LogP contribution is 2.29. The molecule has 0 bridgehead atoms. The van der Waals surface area contributed by atoms with Gasteiger partial charge < -0.3 is 24.3 Å². The number of aromatic nitrogens is 2. The molecule has 0 aliphatic heterocycles. The summed E-state index contributed by atoms with van der Waals surface area (Å²) in [7, 11) is 0. The third-order valence-corrected chi connectivity index (χ3v) is 7.42. The van der Waals surface area contributed by atoms with Crippen molar-refractivity contribution in [2.24, 2.45) is 0 Å². The van der Waals surface area contributed by atoms with Crippen molar-refractivity contribution in [2.75, 3.05) is 49.2 Å². The van der Waals surface area contributed by atoms with E-state index in [9.17, 15) is 4.79 Å². The molecule has 0 fully saturated rings. The first-order chi connectivity index (χ1) is 21.0. The number of hydrogen-bond acceptors (Lipinski definition) is 6. The van der Waals surface area contributed by atoms with Crippen LogP contribution in [0.2, 0.25) is 0 Å². The molecule has 2 aromatic carbocycles. The van der Waals surface area contributed by atoms with Crippen molar-refractivity contribution in [1.82, 2.24) is 9.97 Å². The summed E-state index contributed by atoms with van der Waals surface area (Å²) >= 11 is 0. The Morgan fingerprint density at radius 3 is 1.63 bits per heavy atom. The lowest BCUT2D eigenvalue weighted by Gasteiger charge is -2.22. The maximum atomic E-state index is 12.5. The second kappa shape index (κ2) is 17.8. The molecule has 3 rings (SSSR count). The van der Waals surface area contributed by atoms with E-state index < -0.39 is 5.69 Å². The molecular formula is C36H50N4O3. The van der Waals surface area contributed by atoms with E-state index >= 15 is 0 Å². The standard InChI is InChI=1S/C36H50N4O3/c1-7-13-23-42-34-26-32(39(9-3)10-4)21-17-28(34)15-19-30-25-31(38-36(41)37-30)20-16-29-18-22-33(40(11-5)12-6)27-35(29)43-24-14-8-2/h15-22,25-27H,7-14,23-24H2,1-6H3,(H,37,38,41)/b19-15+,20-16+. The lowest BCUT2D eigenvalue weighted by atomic mass is 10.1. The SMILES string of the molecule is CCCCOc1cc(N(CC)CC)ccc1/C=C/c1cc(/C=C/c2ccc(N(CC)CC)cc2OCCCC)[nH]c(=O)n1. The molecule has 0 saturated carbocycles. The molecular weight excluding hydrogens is 536 g/mol. The van der Waals surface area contributed by atoms with E-state index in [-0.39, 0.29) is 0 Å². The van der Waals surface area contributed by atoms with Gasteiger partial charge in [-0.05, 0) is 95.2 Å². The minimum Gasteiger partial charge on any atom is -0.493 e. The largest absolute Gasteiger partial charge is 0.493 e. The van der Waals surface area contributed by atoms with Crippen molar-refractivity contribution < 1.29 is 9.47 Å². The maximum Gasteiger partial charge on any atom is 0.345 e. The van der Waals surface area contributed by atoms with Crippen LogP contribution < -0.4 is 25.0 Å². The number of rotatable bonds is 18. The van der Waals surface area contributed by atoms with Crippen molar-refractivity contribution >= 4 is 35.7 Å². The van der Waals surface area contributed by atoms with Crippen molar-refractivity contribution in [2.45, 2.75) is 67.2 Å². The molecule has 232 valence electrons. The molecule has 0 aliphatic carbocycles. The van der Waals surface area contributed by atoms with Crippen LogP contribution in [0.3, 0.4) is 0 Å². The first-order valence-electron chi connectivity index (χ1n) is 16.0. The van der Waals surface area contributed by atoms with E-state index in [1.54, 1.807) is 0 Å². The molecule has 1 N–H and O–H groups in total. The van der Waals surface area contributed by atoms with Gasteiger partial charge in [-0.15, -0.1) is 0 Å². The Balaban J connectivity index is 1.89. The van der Waals surface area contributed by atoms with Gasteiger partial charge in [0, 0.05) is 66.5 Å². The van der Waals surface area contributed by atoms with Gasteiger partial charge in [0.15, 0.2) is 0 Å². The number of nitrogens with one attached hydrogen (secondary N) is 1. The number of ether oxygens (including phenoxy) is 2. The van der Waals surface area contributed by atoms with Gasteiger partial charge in [-0.25, -0.2) is 4.79 Å². The average Bonchev–Trinajstić information content (AvgIpc) is 3.01. The van der Waals surface area contributed by atoms with Crippen molar-refractivity contribution in [3.63, 3.8) is 0 Å². The number of anilines is 2. The van der Waals surface area contributed by atoms with Gasteiger partial charge in [0.1, 0.15) is 11.5 Å². The molecule has 1 aromatic heterocycles. The molecule has 0 amide bonds. The Morgan fingerprint density at radius 1 is 0.674 bits per heavy atom. The topological polar surface area (TPSA) is 70.7 Å². The zero-order chi connectivity index (χ0) is 31.0. The lowest BCUT2D eigenvalue weighted by Crippen LogP contribution is -2.21. The number of nitrogens with zero attached hydrogens (tertiary/aromatic N) is 3. The molecule has 0 saturated heterocycles. The van der Waals surface area contributed by atoms with Crippen molar-refractivity contribution in [3.05, 3.63) is 75.5 Å². The summed E-state index contributed by atoms with van der Waals surface area (Å²) in [5.41, 5.74) is 5.04. The van der Waals surface area contributed by atoms with Gasteiger partial charge in [-0.3, -0.25) is 0 Å². The summed E-state index contributed by atoms with van der Waals surface area (Å²) < 4.78 is 12.3. The quantitative estimate of drug-likeness (QED) is 0.152. The third-order valence-electron chi connectivity index (χ3n) is 7.42. The van der Waals surface area contributed by atoms with Gasteiger partial charge in [-0.1, -0.05) is 26.7 Å². The average molecular weight is 587 g/mol. The van der Waals surface area contributed by atoms with Crippen molar-refractivity contribution in [3.8, 4) is 11.5 Å². The summed E-state index contributed by atoms with van der Waals surface area (Å²) in [6, 6.07) is 14.5. The van der Waals surface area contributed by atoms with E-state index in [0.717, 1.165) is 85.9 Å². The zero-order valence-electron chi connectivity index (χ0n) is 27.0. The lowest BCUT2D eigenvalue weighted by molar-refractivity contribution is 0.308. The second-order valence-electron chi connectivity index (χ2n) is 10.4. The van der Waals surface area contributed by atoms with Crippen LogP contribution in [0.15, 0.2) is 47.3 Å². The molecule has 7 heteroatoms. The molecule has 3 aromatic rings. The Labute approximate surface area is 258 Å². The van der Waals surface area contributed by atoms with Crippen LogP contribution in [-0.2, 0) is 0 Å². The van der Waals surface area contributed by atoms with E-state index in [1.165, 1.54) is 0 Å². The van der Waals surface area contributed by atoms with Gasteiger partial charge in [0.05, 0.1) is 18.9 Å². The van der Waals surface area contributed by atoms with E-state index in [1.807, 2.05) is 30.4 Å². The summed E-state index contributed by atoms with van der Waals surface area (Å²) in [6.45, 7) is 18.0. The number of aromatic amines is 1. The monoisotopic (exact) mass is 586 g/mol. The predicted molar refractivity (Wildman–Crippen MR) is 184 cm³/mol. The number of unbranched alkanes of at least 4 members (excludes halogenated alkanes) is 2. The Morgan fingerprint density at radius 2 is 1.16 bits per heavy atom. The van der Waals surface area contributed by atoms with Crippen LogP contribution in [0.4, 0.5) is 11.4 Å². The van der Waals surface area contributed by atoms with E-state index in [4.69, 9.17) is 9.47 Å². The van der Waals surface area contributed by atoms with Gasteiger partial charge in [0.2, 0.25) is 0 Å². The summed E-state index contributed by atoms with van der Waals surface area (Å²) in [5.74, 6) is 1.68. The van der Waals surface area contributed by atoms with Crippen LogP contribution in [0.25, 0.3) is 24.3 Å². The highest BCUT2D eigenvalue weighted by molar-refractivity contribution is 5.76. The first-order valence-corrected chi connectivity index (χ1v) is 16.0. The smallest absolute Gasteiger partial charge is 0.345 e. The van der Waals surface area contributed by atoms with Crippen LogP contribution in [-0.4, -0.2) is 49.4 Å². The molecule has 0 unspecified atom stereocenters. The predicted octanol–water partition coefficient (Wildman–Crippen LogP) is 8.16. The fourth-order valence-corrected chi connectivity index (χ4v) is 4.82. The Hall–Kier alpha value is -4.00. The van der Waals surface area contributed by atoms with E-state index in [2.05, 4.69) is 97.7 Å². The molecule has 0 radical (unpaired) electrons. The summed E-state index contributed by atoms with van der Waals surface area (Å²) in [5, 5.41) is 0. The maximum absolute atomic E-state index is 12.5. The highest BCUT2D eigenvalue weighted by atomic mass is 16.5. The Kier molecular flexibility index (Phi) is 13.9. The van der Waals surface area contributed by atoms with Gasteiger partial charge >= 0.3 is 5.69 Å². The Bertz CT molecular complexity index is 1290. The number of H-pyrrole nitrogens is 1. The summed E-state index contributed by atoms with van der Waals surface area (Å²) in [4.78, 5) is 24.1. The molecule has 0 aliphatic rings. The fraction of sp³-hybridized carbons (Fsp3) is 0.444. The van der Waals surface area contributed by atoms with Crippen LogP contribution in [0.5, 0.6) is 11.5 Å². The molecule has 7 nitrogen and oxygen atoms in total. The zero-order valence-corrected chi connectivity index (χ0v) is 27.0.